The molecule has 2 aromatic rings. The largest absolute Gasteiger partial charge is 0.394 e. The van der Waals surface area contributed by atoms with E-state index in [1.54, 1.807) is 4.52 Å². The first-order chi connectivity index (χ1) is 10.5. The van der Waals surface area contributed by atoms with Crippen LogP contribution in [0.3, 0.4) is 0 Å². The topological polar surface area (TPSA) is 104 Å². The highest BCUT2D eigenvalue weighted by atomic mass is 16.8. The third-order valence-corrected chi connectivity index (χ3v) is 4.45. The van der Waals surface area contributed by atoms with Gasteiger partial charge in [0.05, 0.1) is 12.3 Å². The summed E-state index contributed by atoms with van der Waals surface area (Å²) in [5.41, 5.74) is 6.69. The number of aromatic nitrogens is 3. The molecule has 0 aliphatic carbocycles. The molecule has 4 heterocycles. The van der Waals surface area contributed by atoms with Crippen molar-refractivity contribution < 1.29 is 19.3 Å². The van der Waals surface area contributed by atoms with Crippen molar-refractivity contribution >= 4 is 11.3 Å². The molecule has 0 saturated carbocycles. The van der Waals surface area contributed by atoms with E-state index >= 15 is 0 Å². The Hall–Kier alpha value is -1.74. The van der Waals surface area contributed by atoms with Gasteiger partial charge in [-0.05, 0) is 26.0 Å². The summed E-state index contributed by atoms with van der Waals surface area (Å²) < 4.78 is 19.5. The highest BCUT2D eigenvalue weighted by Gasteiger charge is 2.61. The molecule has 2 aromatic heterocycles. The Morgan fingerprint density at radius 1 is 1.41 bits per heavy atom. The van der Waals surface area contributed by atoms with Crippen LogP contribution in [0, 0.1) is 0 Å². The lowest BCUT2D eigenvalue weighted by Crippen LogP contribution is -2.40. The Kier molecular flexibility index (Phi) is 2.92. The lowest BCUT2D eigenvalue weighted by molar-refractivity contribution is -0.147. The number of aliphatic hydroxyl groups is 1. The summed E-state index contributed by atoms with van der Waals surface area (Å²) in [5.74, 6) is 0.400. The third kappa shape index (κ3) is 1.72. The molecule has 3 N–H and O–H groups in total. The Balaban J connectivity index is 1.82. The number of nitrogens with zero attached hydrogens (tertiary/aromatic N) is 3. The number of fused-ring (bicyclic) bond motifs is 2. The van der Waals surface area contributed by atoms with Gasteiger partial charge in [-0.2, -0.15) is 5.10 Å². The Morgan fingerprint density at radius 2 is 2.23 bits per heavy atom. The first-order valence-electron chi connectivity index (χ1n) is 7.22. The average molecular weight is 306 g/mol. The fraction of sp³-hybridized carbons (Fsp3) is 0.571. The summed E-state index contributed by atoms with van der Waals surface area (Å²) >= 11 is 0. The van der Waals surface area contributed by atoms with E-state index in [4.69, 9.17) is 19.9 Å². The van der Waals surface area contributed by atoms with E-state index in [2.05, 4.69) is 10.1 Å². The van der Waals surface area contributed by atoms with E-state index in [0.717, 1.165) is 5.69 Å². The maximum atomic E-state index is 9.57. The molecule has 22 heavy (non-hydrogen) atoms. The molecule has 4 rings (SSSR count). The van der Waals surface area contributed by atoms with Gasteiger partial charge in [0, 0.05) is 0 Å². The zero-order valence-corrected chi connectivity index (χ0v) is 12.3. The van der Waals surface area contributed by atoms with Gasteiger partial charge < -0.3 is 25.1 Å². The Bertz CT molecular complexity index is 720. The second-order valence-corrected chi connectivity index (χ2v) is 5.86. The van der Waals surface area contributed by atoms with Crippen molar-refractivity contribution in [2.24, 2.45) is 0 Å². The summed E-state index contributed by atoms with van der Waals surface area (Å²) in [6, 6.07) is 3.73. The number of hydrogen-bond donors (Lipinski definition) is 2. The van der Waals surface area contributed by atoms with Crippen molar-refractivity contribution in [2.45, 2.75) is 44.1 Å². The van der Waals surface area contributed by atoms with Gasteiger partial charge >= 0.3 is 0 Å². The molecule has 5 atom stereocenters. The summed E-state index contributed by atoms with van der Waals surface area (Å²) in [6.07, 6.45) is -0.136. The second kappa shape index (κ2) is 4.63. The molecule has 118 valence electrons. The quantitative estimate of drug-likeness (QED) is 0.820. The zero-order chi connectivity index (χ0) is 15.5. The number of aliphatic hydroxyl groups excluding tert-OH is 1. The van der Waals surface area contributed by atoms with Crippen LogP contribution in [0.1, 0.15) is 25.6 Å². The van der Waals surface area contributed by atoms with Gasteiger partial charge in [-0.25, -0.2) is 9.50 Å². The maximum absolute atomic E-state index is 9.57. The standard InChI is InChI=1S/C14H18N4O4/c1-7-20-12-10(5-19)21-11(14(12,2)22-7)8-3-4-9-13(15)16-6-17-18(8)9/h3-4,6-7,10-12,19H,5H2,1-2H3,(H2,15,16,17)/t7?,10-,11+,12-,14+/m1/s1. The highest BCUT2D eigenvalue weighted by molar-refractivity contribution is 5.65. The number of nitrogens with two attached hydrogens (primary N) is 1. The summed E-state index contributed by atoms with van der Waals surface area (Å²) in [4.78, 5) is 3.98. The van der Waals surface area contributed by atoms with Gasteiger partial charge in [0.25, 0.3) is 0 Å². The van der Waals surface area contributed by atoms with E-state index in [1.807, 2.05) is 26.0 Å². The van der Waals surface area contributed by atoms with Crippen LogP contribution in [0.15, 0.2) is 18.5 Å². The first-order valence-corrected chi connectivity index (χ1v) is 7.22. The molecule has 2 saturated heterocycles. The minimum absolute atomic E-state index is 0.132. The van der Waals surface area contributed by atoms with Crippen LogP contribution in [0.5, 0.6) is 0 Å². The van der Waals surface area contributed by atoms with Crippen LogP contribution in [0.25, 0.3) is 5.52 Å². The van der Waals surface area contributed by atoms with Crippen LogP contribution in [-0.4, -0.2) is 50.4 Å². The molecule has 0 spiro atoms. The summed E-state index contributed by atoms with van der Waals surface area (Å²) in [6.45, 7) is 3.64. The van der Waals surface area contributed by atoms with Gasteiger partial charge in [-0.3, -0.25) is 0 Å². The van der Waals surface area contributed by atoms with Crippen LogP contribution >= 0.6 is 0 Å². The SMILES string of the molecule is CC1O[C@@H]2[C@@H](CO)O[C@@H](c3ccc4c(N)ncnn34)[C@]2(C)O1. The molecule has 0 radical (unpaired) electrons. The summed E-state index contributed by atoms with van der Waals surface area (Å²) in [7, 11) is 0. The van der Waals surface area contributed by atoms with Crippen molar-refractivity contribution in [3.05, 3.63) is 24.2 Å². The molecular weight excluding hydrogens is 288 g/mol. The van der Waals surface area contributed by atoms with Gasteiger partial charge in [0.1, 0.15) is 35.8 Å². The zero-order valence-electron chi connectivity index (χ0n) is 12.3. The van der Waals surface area contributed by atoms with Crippen LogP contribution in [0.2, 0.25) is 0 Å². The molecule has 2 aliphatic rings. The van der Waals surface area contributed by atoms with Crippen molar-refractivity contribution in [1.29, 1.82) is 0 Å². The van der Waals surface area contributed by atoms with E-state index in [1.165, 1.54) is 6.33 Å². The van der Waals surface area contributed by atoms with E-state index in [-0.39, 0.29) is 19.0 Å². The predicted molar refractivity (Wildman–Crippen MR) is 75.9 cm³/mol. The molecule has 1 unspecified atom stereocenters. The van der Waals surface area contributed by atoms with Gasteiger partial charge in [-0.15, -0.1) is 0 Å². The second-order valence-electron chi connectivity index (χ2n) is 5.86. The monoisotopic (exact) mass is 306 g/mol. The number of nitrogen functional groups attached to an aromatic ring is 1. The van der Waals surface area contributed by atoms with Crippen molar-refractivity contribution in [3.8, 4) is 0 Å². The van der Waals surface area contributed by atoms with Gasteiger partial charge in [-0.1, -0.05) is 0 Å². The van der Waals surface area contributed by atoms with Gasteiger partial charge in [0.15, 0.2) is 12.1 Å². The Labute approximate surface area is 126 Å². The van der Waals surface area contributed by atoms with Crippen LogP contribution in [0.4, 0.5) is 5.82 Å². The van der Waals surface area contributed by atoms with E-state index < -0.39 is 17.8 Å². The molecule has 0 bridgehead atoms. The number of hydrogen-bond acceptors (Lipinski definition) is 7. The normalized spacial score (nSPS) is 37.8. The number of ether oxygens (including phenoxy) is 3. The lowest BCUT2D eigenvalue weighted by atomic mass is 9.91. The molecule has 0 aromatic carbocycles. The van der Waals surface area contributed by atoms with Crippen molar-refractivity contribution in [3.63, 3.8) is 0 Å². The average Bonchev–Trinajstić information content (AvgIpc) is 3.09. The van der Waals surface area contributed by atoms with E-state index in [9.17, 15) is 5.11 Å². The fourth-order valence-electron chi connectivity index (χ4n) is 3.52. The molecule has 2 fully saturated rings. The minimum atomic E-state index is -0.694. The van der Waals surface area contributed by atoms with Gasteiger partial charge in [0.2, 0.25) is 0 Å². The van der Waals surface area contributed by atoms with Crippen LogP contribution < -0.4 is 5.73 Å². The fourth-order valence-corrected chi connectivity index (χ4v) is 3.52. The minimum Gasteiger partial charge on any atom is -0.394 e. The van der Waals surface area contributed by atoms with Crippen molar-refractivity contribution in [1.82, 2.24) is 14.6 Å². The molecule has 8 heteroatoms. The smallest absolute Gasteiger partial charge is 0.156 e. The van der Waals surface area contributed by atoms with Crippen LogP contribution in [-0.2, 0) is 14.2 Å². The Morgan fingerprint density at radius 3 is 3.00 bits per heavy atom. The maximum Gasteiger partial charge on any atom is 0.156 e. The predicted octanol–water partition coefficient (Wildman–Crippen LogP) is 0.264. The lowest BCUT2D eigenvalue weighted by Gasteiger charge is -2.27. The molecular formula is C14H18N4O4. The number of anilines is 1. The molecule has 8 nitrogen and oxygen atoms in total. The summed E-state index contributed by atoms with van der Waals surface area (Å²) in [5, 5.41) is 13.8. The highest BCUT2D eigenvalue weighted by Crippen LogP contribution is 2.50. The third-order valence-electron chi connectivity index (χ3n) is 4.45. The number of rotatable bonds is 2. The van der Waals surface area contributed by atoms with E-state index in [0.29, 0.717) is 11.3 Å². The van der Waals surface area contributed by atoms with Crippen molar-refractivity contribution in [2.75, 3.05) is 12.3 Å². The first kappa shape index (κ1) is 13.9. The molecule has 2 aliphatic heterocycles. The molecule has 0 amide bonds.